The van der Waals surface area contributed by atoms with Crippen molar-refractivity contribution in [3.8, 4) is 11.5 Å². The zero-order valence-corrected chi connectivity index (χ0v) is 27.2. The van der Waals surface area contributed by atoms with Crippen molar-refractivity contribution in [3.05, 3.63) is 101 Å². The van der Waals surface area contributed by atoms with Gasteiger partial charge in [-0.15, -0.1) is 0 Å². The SMILES string of the molecule is COc1ccc(C2C3=CCC4C(=O)N(CCCC(=O)O)C(=O)C4C3CC3C(=O)N(Nc4ccc(C)cc4)C(=O)C32c2ccccc2)c(O)c1. The smallest absolute Gasteiger partial charge is 0.303 e. The molecule has 6 unspecified atom stereocenters. The molecular formula is C38H37N3O8. The normalized spacial score (nSPS) is 27.4. The number of carboxylic acids is 1. The number of hydrogen-bond donors (Lipinski definition) is 3. The molecule has 2 aliphatic heterocycles. The van der Waals surface area contributed by atoms with E-state index in [1.54, 1.807) is 24.3 Å². The minimum Gasteiger partial charge on any atom is -0.508 e. The molecule has 2 saturated heterocycles. The van der Waals surface area contributed by atoms with Gasteiger partial charge in [0.15, 0.2) is 0 Å². The van der Waals surface area contributed by atoms with Gasteiger partial charge in [0.05, 0.1) is 36.0 Å². The Bertz CT molecular complexity index is 1890. The van der Waals surface area contributed by atoms with E-state index in [1.165, 1.54) is 18.1 Å². The first kappa shape index (κ1) is 32.1. The number of fused-ring (bicyclic) bond motifs is 4. The van der Waals surface area contributed by atoms with E-state index >= 15 is 4.79 Å². The van der Waals surface area contributed by atoms with Crippen molar-refractivity contribution in [2.45, 2.75) is 43.9 Å². The molecule has 11 nitrogen and oxygen atoms in total. The molecule has 3 fully saturated rings. The number of likely N-dealkylation sites (tertiary alicyclic amines) is 1. The summed E-state index contributed by atoms with van der Waals surface area (Å²) in [6.07, 6.45) is 2.22. The number of methoxy groups -OCH3 is 1. The van der Waals surface area contributed by atoms with E-state index < -0.39 is 58.7 Å². The van der Waals surface area contributed by atoms with Crippen LogP contribution in [0.5, 0.6) is 11.5 Å². The number of ether oxygens (including phenoxy) is 1. The van der Waals surface area contributed by atoms with Gasteiger partial charge < -0.3 is 14.9 Å². The van der Waals surface area contributed by atoms with Gasteiger partial charge in [-0.2, -0.15) is 5.01 Å². The van der Waals surface area contributed by atoms with Gasteiger partial charge in [0.2, 0.25) is 11.8 Å². The summed E-state index contributed by atoms with van der Waals surface area (Å²) in [7, 11) is 1.48. The molecule has 0 aromatic heterocycles. The topological polar surface area (TPSA) is 154 Å². The lowest BCUT2D eigenvalue weighted by molar-refractivity contribution is -0.142. The molecule has 7 rings (SSSR count). The van der Waals surface area contributed by atoms with Gasteiger partial charge in [0, 0.05) is 30.5 Å². The number of amides is 4. The maximum atomic E-state index is 15.1. The summed E-state index contributed by atoms with van der Waals surface area (Å²) in [6.45, 7) is 1.93. The number of allylic oxidation sites excluding steroid dienone is 2. The highest BCUT2D eigenvalue weighted by atomic mass is 16.5. The summed E-state index contributed by atoms with van der Waals surface area (Å²) in [5.41, 5.74) is 4.81. The third-order valence-corrected chi connectivity index (χ3v) is 10.8. The molecule has 2 heterocycles. The molecule has 4 amide bonds. The summed E-state index contributed by atoms with van der Waals surface area (Å²) >= 11 is 0. The van der Waals surface area contributed by atoms with E-state index in [9.17, 15) is 24.3 Å². The number of carboxylic acid groups (broad SMARTS) is 1. The zero-order chi connectivity index (χ0) is 34.6. The van der Waals surface area contributed by atoms with E-state index in [-0.39, 0.29) is 43.9 Å². The second kappa shape index (κ2) is 12.2. The molecule has 11 heteroatoms. The standard InChI is InChI=1S/C38H37N3O8/c1-21-10-12-23(13-11-21)39-41-35(46)29-20-28-25(16-17-27-32(28)36(47)40(34(27)45)18-6-9-31(43)44)33(26-15-14-24(49-2)19-30(26)42)38(29,37(41)48)22-7-4-3-5-8-22/h3-5,7-8,10-16,19,27-29,32-33,39,42H,6,9,17-18,20H2,1-2H3,(H,43,44). The second-order valence-corrected chi connectivity index (χ2v) is 13.3. The lowest BCUT2D eigenvalue weighted by Gasteiger charge is -2.50. The first-order valence-corrected chi connectivity index (χ1v) is 16.5. The number of benzene rings is 3. The van der Waals surface area contributed by atoms with Gasteiger partial charge in [-0.3, -0.25) is 34.3 Å². The lowest BCUT2D eigenvalue weighted by Crippen LogP contribution is -2.53. The van der Waals surface area contributed by atoms with Gasteiger partial charge in [0.25, 0.3) is 11.8 Å². The van der Waals surface area contributed by atoms with E-state index in [0.29, 0.717) is 28.1 Å². The molecule has 0 bridgehead atoms. The quantitative estimate of drug-likeness (QED) is 0.221. The van der Waals surface area contributed by atoms with Crippen LogP contribution < -0.4 is 10.2 Å². The first-order valence-electron chi connectivity index (χ1n) is 16.5. The fourth-order valence-corrected chi connectivity index (χ4v) is 8.66. The van der Waals surface area contributed by atoms with E-state index in [1.807, 2.05) is 55.5 Å². The molecule has 0 radical (unpaired) electrons. The Labute approximate surface area is 283 Å². The van der Waals surface area contributed by atoms with Gasteiger partial charge in [-0.25, -0.2) is 0 Å². The van der Waals surface area contributed by atoms with Crippen LogP contribution in [-0.4, -0.2) is 63.4 Å². The van der Waals surface area contributed by atoms with Crippen LogP contribution in [0.25, 0.3) is 0 Å². The molecule has 3 N–H and O–H groups in total. The average molecular weight is 664 g/mol. The molecule has 3 aromatic rings. The number of hydrazine groups is 1. The van der Waals surface area contributed by atoms with Crippen LogP contribution >= 0.6 is 0 Å². The summed E-state index contributed by atoms with van der Waals surface area (Å²) in [5, 5.41) is 21.8. The number of aryl methyl sites for hydroxylation is 1. The van der Waals surface area contributed by atoms with E-state index in [2.05, 4.69) is 5.43 Å². The predicted octanol–water partition coefficient (Wildman–Crippen LogP) is 4.56. The molecule has 1 saturated carbocycles. The fraction of sp³-hybridized carbons (Fsp3) is 0.342. The number of rotatable bonds is 9. The van der Waals surface area contributed by atoms with Crippen LogP contribution in [0.1, 0.15) is 48.3 Å². The highest BCUT2D eigenvalue weighted by Gasteiger charge is 2.70. The van der Waals surface area contributed by atoms with Crippen molar-refractivity contribution in [2.24, 2.45) is 23.7 Å². The number of carbonyl (C=O) groups excluding carboxylic acids is 4. The third kappa shape index (κ3) is 4.98. The molecule has 0 spiro atoms. The average Bonchev–Trinajstić information content (AvgIpc) is 3.46. The number of nitrogens with zero attached hydrogens (tertiary/aromatic N) is 2. The third-order valence-electron chi connectivity index (χ3n) is 10.8. The van der Waals surface area contributed by atoms with Crippen molar-refractivity contribution >= 4 is 35.3 Å². The second-order valence-electron chi connectivity index (χ2n) is 13.3. The van der Waals surface area contributed by atoms with Crippen molar-refractivity contribution in [3.63, 3.8) is 0 Å². The van der Waals surface area contributed by atoms with Gasteiger partial charge in [0.1, 0.15) is 11.5 Å². The van der Waals surface area contributed by atoms with Crippen LogP contribution in [0.15, 0.2) is 84.4 Å². The number of aliphatic carboxylic acids is 1. The summed E-state index contributed by atoms with van der Waals surface area (Å²) in [5.74, 6) is -6.34. The monoisotopic (exact) mass is 663 g/mol. The maximum Gasteiger partial charge on any atom is 0.303 e. The largest absolute Gasteiger partial charge is 0.508 e. The summed E-state index contributed by atoms with van der Waals surface area (Å²) < 4.78 is 5.37. The number of phenolic OH excluding ortho intramolecular Hbond substituents is 1. The Kier molecular flexibility index (Phi) is 8.01. The minimum atomic E-state index is -1.51. The molecule has 252 valence electrons. The first-order chi connectivity index (χ1) is 23.6. The van der Waals surface area contributed by atoms with Crippen LogP contribution in [-0.2, 0) is 29.4 Å². The number of aromatic hydroxyl groups is 1. The molecule has 3 aromatic carbocycles. The minimum absolute atomic E-state index is 0.00916. The molecule has 2 aliphatic carbocycles. The van der Waals surface area contributed by atoms with Gasteiger partial charge in [-0.05, 0) is 55.9 Å². The Morgan fingerprint density at radius 2 is 1.69 bits per heavy atom. The summed E-state index contributed by atoms with van der Waals surface area (Å²) in [6, 6.07) is 21.3. The van der Waals surface area contributed by atoms with Crippen LogP contribution in [0.2, 0.25) is 0 Å². The Morgan fingerprint density at radius 1 is 0.959 bits per heavy atom. The maximum absolute atomic E-state index is 15.1. The van der Waals surface area contributed by atoms with Crippen LogP contribution in [0.4, 0.5) is 5.69 Å². The number of imide groups is 2. The van der Waals surface area contributed by atoms with Crippen LogP contribution in [0, 0.1) is 30.6 Å². The van der Waals surface area contributed by atoms with E-state index in [0.717, 1.165) is 10.6 Å². The molecule has 4 aliphatic rings. The van der Waals surface area contributed by atoms with Crippen LogP contribution in [0.3, 0.4) is 0 Å². The highest BCUT2D eigenvalue weighted by molar-refractivity contribution is 6.13. The summed E-state index contributed by atoms with van der Waals surface area (Å²) in [4.78, 5) is 69.9. The fourth-order valence-electron chi connectivity index (χ4n) is 8.66. The highest BCUT2D eigenvalue weighted by Crippen LogP contribution is 2.65. The Hall–Kier alpha value is -5.45. The molecular weight excluding hydrogens is 626 g/mol. The van der Waals surface area contributed by atoms with E-state index in [4.69, 9.17) is 9.84 Å². The zero-order valence-electron chi connectivity index (χ0n) is 27.2. The number of hydrogen-bond acceptors (Lipinski definition) is 8. The van der Waals surface area contributed by atoms with Crippen molar-refractivity contribution in [2.75, 3.05) is 19.1 Å². The molecule has 6 atom stereocenters. The molecule has 49 heavy (non-hydrogen) atoms. The predicted molar refractivity (Wildman–Crippen MR) is 177 cm³/mol. The number of nitrogens with one attached hydrogen (secondary N) is 1. The number of phenols is 1. The van der Waals surface area contributed by atoms with Crippen molar-refractivity contribution in [1.82, 2.24) is 9.91 Å². The number of anilines is 1. The lowest BCUT2D eigenvalue weighted by atomic mass is 9.49. The Morgan fingerprint density at radius 3 is 2.37 bits per heavy atom. The number of carbonyl (C=O) groups is 5. The van der Waals surface area contributed by atoms with Gasteiger partial charge in [-0.1, -0.05) is 65.7 Å². The van der Waals surface area contributed by atoms with Crippen molar-refractivity contribution < 1.29 is 38.9 Å². The van der Waals surface area contributed by atoms with Crippen molar-refractivity contribution in [1.29, 1.82) is 0 Å². The van der Waals surface area contributed by atoms with Gasteiger partial charge >= 0.3 is 5.97 Å². The Balaban J connectivity index is 1.40.